The zero-order chi connectivity index (χ0) is 17.9. The smallest absolute Gasteiger partial charge is 0.407 e. The Hall–Kier alpha value is -1.85. The third kappa shape index (κ3) is 5.08. The summed E-state index contributed by atoms with van der Waals surface area (Å²) >= 11 is 0. The second kappa shape index (κ2) is 7.36. The molecule has 1 saturated heterocycles. The number of anilines is 1. The number of nitrogens with zero attached hydrogens (tertiary/aromatic N) is 3. The normalized spacial score (nSPS) is 21.5. The average molecular weight is 334 g/mol. The van der Waals surface area contributed by atoms with Crippen molar-refractivity contribution in [3.05, 3.63) is 17.6 Å². The van der Waals surface area contributed by atoms with Crippen LogP contribution in [-0.2, 0) is 11.2 Å². The number of ether oxygens (including phenoxy) is 1. The van der Waals surface area contributed by atoms with Gasteiger partial charge in [0, 0.05) is 30.4 Å². The van der Waals surface area contributed by atoms with Crippen LogP contribution >= 0.6 is 0 Å². The van der Waals surface area contributed by atoms with Crippen molar-refractivity contribution in [2.75, 3.05) is 11.4 Å². The van der Waals surface area contributed by atoms with Crippen molar-refractivity contribution in [3.8, 4) is 0 Å². The molecule has 2 atom stereocenters. The summed E-state index contributed by atoms with van der Waals surface area (Å²) in [5, 5.41) is 2.99. The van der Waals surface area contributed by atoms with E-state index in [4.69, 9.17) is 4.74 Å². The molecule has 0 aliphatic carbocycles. The molecule has 0 spiro atoms. The molecule has 1 amide bonds. The van der Waals surface area contributed by atoms with Crippen LogP contribution in [0.5, 0.6) is 0 Å². The molecule has 134 valence electrons. The summed E-state index contributed by atoms with van der Waals surface area (Å²) in [6.45, 7) is 12.7. The molecule has 1 fully saturated rings. The lowest BCUT2D eigenvalue weighted by Gasteiger charge is -2.39. The summed E-state index contributed by atoms with van der Waals surface area (Å²) in [7, 11) is 0. The molecule has 1 aromatic heterocycles. The second-order valence-corrected chi connectivity index (χ2v) is 7.53. The molecule has 1 aliphatic heterocycles. The lowest BCUT2D eigenvalue weighted by molar-refractivity contribution is 0.0494. The third-order valence-corrected chi connectivity index (χ3v) is 4.13. The van der Waals surface area contributed by atoms with E-state index in [1.807, 2.05) is 27.7 Å². The number of hydrogen-bond donors (Lipinski definition) is 1. The second-order valence-electron chi connectivity index (χ2n) is 7.53. The molecule has 0 saturated carbocycles. The van der Waals surface area contributed by atoms with Crippen molar-refractivity contribution in [1.82, 2.24) is 15.3 Å². The SMILES string of the molecule is CCc1cc(N2CCC(NC(=O)OC(C)(C)C)CC2C)nc(C)n1. The summed E-state index contributed by atoms with van der Waals surface area (Å²) in [5.74, 6) is 1.80. The molecule has 1 N–H and O–H groups in total. The summed E-state index contributed by atoms with van der Waals surface area (Å²) in [5.41, 5.74) is 0.601. The van der Waals surface area contributed by atoms with Gasteiger partial charge in [0.15, 0.2) is 0 Å². The number of alkyl carbamates (subject to hydrolysis) is 1. The van der Waals surface area contributed by atoms with Gasteiger partial charge < -0.3 is 15.0 Å². The number of hydrogen-bond acceptors (Lipinski definition) is 5. The predicted octanol–water partition coefficient (Wildman–Crippen LogP) is 3.23. The molecule has 2 unspecified atom stereocenters. The number of amides is 1. The summed E-state index contributed by atoms with van der Waals surface area (Å²) in [6, 6.07) is 2.52. The van der Waals surface area contributed by atoms with E-state index in [1.54, 1.807) is 0 Å². The minimum atomic E-state index is -0.467. The van der Waals surface area contributed by atoms with Crippen molar-refractivity contribution in [3.63, 3.8) is 0 Å². The van der Waals surface area contributed by atoms with Crippen molar-refractivity contribution < 1.29 is 9.53 Å². The van der Waals surface area contributed by atoms with Gasteiger partial charge in [0.2, 0.25) is 0 Å². The number of aryl methyl sites for hydroxylation is 2. The van der Waals surface area contributed by atoms with Gasteiger partial charge in [-0.2, -0.15) is 0 Å². The van der Waals surface area contributed by atoms with E-state index in [2.05, 4.69) is 40.1 Å². The number of nitrogens with one attached hydrogen (secondary N) is 1. The van der Waals surface area contributed by atoms with E-state index >= 15 is 0 Å². The minimum absolute atomic E-state index is 0.139. The van der Waals surface area contributed by atoms with Crippen LogP contribution in [0.2, 0.25) is 0 Å². The van der Waals surface area contributed by atoms with E-state index < -0.39 is 5.60 Å². The Morgan fingerprint density at radius 1 is 1.42 bits per heavy atom. The van der Waals surface area contributed by atoms with Gasteiger partial charge in [0.1, 0.15) is 17.2 Å². The van der Waals surface area contributed by atoms with E-state index in [-0.39, 0.29) is 12.1 Å². The fourth-order valence-corrected chi connectivity index (χ4v) is 3.06. The maximum Gasteiger partial charge on any atom is 0.407 e. The molecule has 0 aromatic carbocycles. The highest BCUT2D eigenvalue weighted by Crippen LogP contribution is 2.24. The molecule has 24 heavy (non-hydrogen) atoms. The first-order valence-corrected chi connectivity index (χ1v) is 8.78. The molecule has 0 bridgehead atoms. The van der Waals surface area contributed by atoms with Crippen LogP contribution in [0.4, 0.5) is 10.6 Å². The fourth-order valence-electron chi connectivity index (χ4n) is 3.06. The van der Waals surface area contributed by atoms with E-state index in [9.17, 15) is 4.79 Å². The molecule has 6 nitrogen and oxygen atoms in total. The van der Waals surface area contributed by atoms with Crippen LogP contribution in [0, 0.1) is 6.92 Å². The number of aromatic nitrogens is 2. The topological polar surface area (TPSA) is 67.4 Å². The third-order valence-electron chi connectivity index (χ3n) is 4.13. The molecular formula is C18H30N4O2. The van der Waals surface area contributed by atoms with Crippen LogP contribution in [0.3, 0.4) is 0 Å². The monoisotopic (exact) mass is 334 g/mol. The van der Waals surface area contributed by atoms with Gasteiger partial charge >= 0.3 is 6.09 Å². The zero-order valence-corrected chi connectivity index (χ0v) is 15.7. The number of carbonyl (C=O) groups excluding carboxylic acids is 1. The van der Waals surface area contributed by atoms with Crippen LogP contribution in [0.25, 0.3) is 0 Å². The van der Waals surface area contributed by atoms with Gasteiger partial charge in [-0.15, -0.1) is 0 Å². The van der Waals surface area contributed by atoms with Gasteiger partial charge in [-0.3, -0.25) is 0 Å². The Labute approximate surface area is 145 Å². The van der Waals surface area contributed by atoms with Gasteiger partial charge in [0.25, 0.3) is 0 Å². The number of rotatable bonds is 3. The van der Waals surface area contributed by atoms with Crippen LogP contribution in [0.15, 0.2) is 6.07 Å². The summed E-state index contributed by atoms with van der Waals surface area (Å²) in [6.07, 6.45) is 2.33. The highest BCUT2D eigenvalue weighted by Gasteiger charge is 2.29. The maximum absolute atomic E-state index is 11.9. The van der Waals surface area contributed by atoms with Gasteiger partial charge in [0.05, 0.1) is 0 Å². The fraction of sp³-hybridized carbons (Fsp3) is 0.722. The lowest BCUT2D eigenvalue weighted by atomic mass is 9.98. The Morgan fingerprint density at radius 3 is 2.71 bits per heavy atom. The number of piperidine rings is 1. The quantitative estimate of drug-likeness (QED) is 0.919. The Morgan fingerprint density at radius 2 is 2.12 bits per heavy atom. The average Bonchev–Trinajstić information content (AvgIpc) is 2.44. The first kappa shape index (κ1) is 18.5. The Balaban J connectivity index is 1.98. The molecule has 2 heterocycles. The van der Waals surface area contributed by atoms with E-state index in [1.165, 1.54) is 0 Å². The largest absolute Gasteiger partial charge is 0.444 e. The highest BCUT2D eigenvalue weighted by atomic mass is 16.6. The van der Waals surface area contributed by atoms with Crippen molar-refractivity contribution in [2.45, 2.75) is 78.5 Å². The summed E-state index contributed by atoms with van der Waals surface area (Å²) in [4.78, 5) is 23.3. The molecule has 1 aromatic rings. The Bertz CT molecular complexity index is 583. The van der Waals surface area contributed by atoms with Gasteiger partial charge in [-0.1, -0.05) is 6.92 Å². The summed E-state index contributed by atoms with van der Waals surface area (Å²) < 4.78 is 5.35. The molecule has 1 aliphatic rings. The van der Waals surface area contributed by atoms with E-state index in [0.717, 1.165) is 43.1 Å². The van der Waals surface area contributed by atoms with Crippen molar-refractivity contribution >= 4 is 11.9 Å². The first-order chi connectivity index (χ1) is 11.2. The van der Waals surface area contributed by atoms with E-state index in [0.29, 0.717) is 6.04 Å². The first-order valence-electron chi connectivity index (χ1n) is 8.78. The van der Waals surface area contributed by atoms with Crippen LogP contribution in [0.1, 0.15) is 59.0 Å². The van der Waals surface area contributed by atoms with Crippen LogP contribution in [-0.4, -0.2) is 40.3 Å². The number of carbonyl (C=O) groups is 1. The van der Waals surface area contributed by atoms with Crippen molar-refractivity contribution in [2.24, 2.45) is 0 Å². The van der Waals surface area contributed by atoms with Crippen LogP contribution < -0.4 is 10.2 Å². The maximum atomic E-state index is 11.9. The lowest BCUT2D eigenvalue weighted by Crippen LogP contribution is -2.50. The van der Waals surface area contributed by atoms with Gasteiger partial charge in [-0.25, -0.2) is 14.8 Å². The molecular weight excluding hydrogens is 304 g/mol. The molecule has 2 rings (SSSR count). The molecule has 6 heteroatoms. The van der Waals surface area contributed by atoms with Crippen molar-refractivity contribution in [1.29, 1.82) is 0 Å². The van der Waals surface area contributed by atoms with Gasteiger partial charge in [-0.05, 0) is 53.9 Å². The zero-order valence-electron chi connectivity index (χ0n) is 15.7. The highest BCUT2D eigenvalue weighted by molar-refractivity contribution is 5.68. The predicted molar refractivity (Wildman–Crippen MR) is 95.3 cm³/mol. The minimum Gasteiger partial charge on any atom is -0.444 e. The molecule has 0 radical (unpaired) electrons. The Kier molecular flexibility index (Phi) is 5.67. The standard InChI is InChI=1S/C18H30N4O2/c1-7-14-11-16(20-13(3)19-14)22-9-8-15(10-12(22)2)21-17(23)24-18(4,5)6/h11-12,15H,7-10H2,1-6H3,(H,21,23).